The van der Waals surface area contributed by atoms with Gasteiger partial charge in [-0.25, -0.2) is 4.39 Å². The third-order valence-corrected chi connectivity index (χ3v) is 4.65. The maximum absolute atomic E-state index is 12.8. The highest BCUT2D eigenvalue weighted by molar-refractivity contribution is 5.58. The predicted molar refractivity (Wildman–Crippen MR) is 97.3 cm³/mol. The molecule has 4 nitrogen and oxygen atoms in total. The van der Waals surface area contributed by atoms with Crippen molar-refractivity contribution >= 4 is 5.69 Å². The number of methoxy groups -OCH3 is 1. The quantitative estimate of drug-likeness (QED) is 0.778. The van der Waals surface area contributed by atoms with Crippen LogP contribution in [0.3, 0.4) is 0 Å². The summed E-state index contributed by atoms with van der Waals surface area (Å²) >= 11 is 0. The number of hydrogen-bond acceptors (Lipinski definition) is 3. The lowest BCUT2D eigenvalue weighted by atomic mass is 10.2. The Labute approximate surface area is 148 Å². The molecular weight excluding hydrogens is 319 g/mol. The first-order valence-corrected chi connectivity index (χ1v) is 8.86. The molecule has 0 aliphatic carbocycles. The van der Waals surface area contributed by atoms with Gasteiger partial charge in [0.2, 0.25) is 0 Å². The van der Waals surface area contributed by atoms with Crippen LogP contribution in [0.15, 0.2) is 48.5 Å². The van der Waals surface area contributed by atoms with Gasteiger partial charge in [0.25, 0.3) is 0 Å². The molecule has 0 unspecified atom stereocenters. The van der Waals surface area contributed by atoms with Crippen molar-refractivity contribution in [1.29, 1.82) is 0 Å². The third kappa shape index (κ3) is 4.86. The van der Waals surface area contributed by atoms with Gasteiger partial charge in [-0.05, 0) is 36.4 Å². The summed E-state index contributed by atoms with van der Waals surface area (Å²) in [6, 6.07) is 14.4. The number of anilines is 1. The summed E-state index contributed by atoms with van der Waals surface area (Å²) < 4.78 is 24.0. The van der Waals surface area contributed by atoms with Crippen molar-refractivity contribution in [3.63, 3.8) is 0 Å². The minimum atomic E-state index is -0.232. The lowest BCUT2D eigenvalue weighted by Gasteiger charge is -2.34. The zero-order valence-electron chi connectivity index (χ0n) is 14.7. The second-order valence-corrected chi connectivity index (χ2v) is 6.31. The summed E-state index contributed by atoms with van der Waals surface area (Å²) in [4.78, 5) is 4.01. The SMILES string of the molecule is COc1ccccc1N1CC[NH+](CCCOc2ccc(F)cc2)CC1. The molecule has 0 atom stereocenters. The van der Waals surface area contributed by atoms with E-state index in [1.807, 2.05) is 12.1 Å². The lowest BCUT2D eigenvalue weighted by Crippen LogP contribution is -3.14. The maximum Gasteiger partial charge on any atom is 0.142 e. The van der Waals surface area contributed by atoms with Crippen molar-refractivity contribution in [2.45, 2.75) is 6.42 Å². The fourth-order valence-corrected chi connectivity index (χ4v) is 3.25. The molecule has 2 aromatic rings. The molecule has 1 N–H and O–H groups in total. The van der Waals surface area contributed by atoms with E-state index in [9.17, 15) is 4.39 Å². The number of hydrogen-bond donors (Lipinski definition) is 1. The van der Waals surface area contributed by atoms with E-state index < -0.39 is 0 Å². The number of halogens is 1. The van der Waals surface area contributed by atoms with E-state index in [1.54, 1.807) is 24.1 Å². The molecule has 5 heteroatoms. The van der Waals surface area contributed by atoms with Crippen LogP contribution in [-0.4, -0.2) is 46.4 Å². The van der Waals surface area contributed by atoms with Crippen molar-refractivity contribution < 1.29 is 18.8 Å². The van der Waals surface area contributed by atoms with Crippen LogP contribution < -0.4 is 19.3 Å². The molecule has 0 amide bonds. The Kier molecular flexibility index (Phi) is 6.12. The van der Waals surface area contributed by atoms with Gasteiger partial charge in [0.1, 0.15) is 17.3 Å². The van der Waals surface area contributed by atoms with Gasteiger partial charge in [-0.3, -0.25) is 0 Å². The van der Waals surface area contributed by atoms with E-state index in [4.69, 9.17) is 9.47 Å². The molecule has 1 fully saturated rings. The fraction of sp³-hybridized carbons (Fsp3) is 0.400. The highest BCUT2D eigenvalue weighted by Crippen LogP contribution is 2.27. The highest BCUT2D eigenvalue weighted by Gasteiger charge is 2.21. The summed E-state index contributed by atoms with van der Waals surface area (Å²) in [6.45, 7) is 6.08. The largest absolute Gasteiger partial charge is 0.495 e. The van der Waals surface area contributed by atoms with Crippen LogP contribution in [0.5, 0.6) is 11.5 Å². The minimum absolute atomic E-state index is 0.232. The smallest absolute Gasteiger partial charge is 0.142 e. The average molecular weight is 345 g/mol. The van der Waals surface area contributed by atoms with E-state index in [0.29, 0.717) is 6.61 Å². The van der Waals surface area contributed by atoms with Gasteiger partial charge in [-0.15, -0.1) is 0 Å². The van der Waals surface area contributed by atoms with Crippen molar-refractivity contribution in [3.05, 3.63) is 54.3 Å². The lowest BCUT2D eigenvalue weighted by molar-refractivity contribution is -0.900. The molecule has 1 saturated heterocycles. The van der Waals surface area contributed by atoms with Gasteiger partial charge < -0.3 is 19.3 Å². The van der Waals surface area contributed by atoms with E-state index in [0.717, 1.165) is 50.6 Å². The molecule has 0 radical (unpaired) electrons. The molecular formula is C20H26FN2O2+. The zero-order chi connectivity index (χ0) is 17.5. The summed E-state index contributed by atoms with van der Waals surface area (Å²) in [5, 5.41) is 0. The van der Waals surface area contributed by atoms with Crippen LogP contribution in [-0.2, 0) is 0 Å². The van der Waals surface area contributed by atoms with Crippen LogP contribution in [0.1, 0.15) is 6.42 Å². The van der Waals surface area contributed by atoms with Gasteiger partial charge in [-0.2, -0.15) is 0 Å². The van der Waals surface area contributed by atoms with Gasteiger partial charge in [0.05, 0.1) is 52.1 Å². The Hall–Kier alpha value is -2.27. The first kappa shape index (κ1) is 17.5. The number of para-hydroxylation sites is 2. The molecule has 0 aromatic heterocycles. The second kappa shape index (κ2) is 8.72. The monoisotopic (exact) mass is 345 g/mol. The number of rotatable bonds is 7. The van der Waals surface area contributed by atoms with Crippen molar-refractivity contribution in [1.82, 2.24) is 0 Å². The molecule has 0 saturated carbocycles. The molecule has 0 spiro atoms. The van der Waals surface area contributed by atoms with Gasteiger partial charge in [0.15, 0.2) is 0 Å². The van der Waals surface area contributed by atoms with E-state index in [2.05, 4.69) is 17.0 Å². The standard InChI is InChI=1S/C20H25FN2O2/c1-24-20-6-3-2-5-19(20)23-14-12-22(13-15-23)11-4-16-25-18-9-7-17(21)8-10-18/h2-3,5-10H,4,11-16H2,1H3/p+1. The number of nitrogens with one attached hydrogen (secondary N) is 1. The van der Waals surface area contributed by atoms with Gasteiger partial charge >= 0.3 is 0 Å². The molecule has 0 bridgehead atoms. The third-order valence-electron chi connectivity index (χ3n) is 4.65. The fourth-order valence-electron chi connectivity index (χ4n) is 3.25. The molecule has 1 aliphatic rings. The summed E-state index contributed by atoms with van der Waals surface area (Å²) in [5.74, 6) is 1.45. The second-order valence-electron chi connectivity index (χ2n) is 6.31. The van der Waals surface area contributed by atoms with Crippen LogP contribution >= 0.6 is 0 Å². The number of nitrogens with zero attached hydrogens (tertiary/aromatic N) is 1. The highest BCUT2D eigenvalue weighted by atomic mass is 19.1. The average Bonchev–Trinajstić information content (AvgIpc) is 2.67. The topological polar surface area (TPSA) is 26.1 Å². The van der Waals surface area contributed by atoms with Crippen LogP contribution in [0, 0.1) is 5.82 Å². The Morgan fingerprint density at radius 1 is 1.04 bits per heavy atom. The Bertz CT molecular complexity index is 655. The number of piperazine rings is 1. The molecule has 134 valence electrons. The van der Waals surface area contributed by atoms with Crippen LogP contribution in [0.2, 0.25) is 0 Å². The molecule has 1 heterocycles. The first-order chi connectivity index (χ1) is 12.3. The van der Waals surface area contributed by atoms with Crippen LogP contribution in [0.25, 0.3) is 0 Å². The van der Waals surface area contributed by atoms with Crippen molar-refractivity contribution in [2.75, 3.05) is 51.3 Å². The van der Waals surface area contributed by atoms with Gasteiger partial charge in [-0.1, -0.05) is 12.1 Å². The first-order valence-electron chi connectivity index (χ1n) is 8.86. The number of quaternary nitrogens is 1. The molecule has 25 heavy (non-hydrogen) atoms. The molecule has 3 rings (SSSR count). The zero-order valence-corrected chi connectivity index (χ0v) is 14.7. The summed E-state index contributed by atoms with van der Waals surface area (Å²) in [6.07, 6.45) is 1.00. The van der Waals surface area contributed by atoms with Crippen molar-refractivity contribution in [3.8, 4) is 11.5 Å². The normalized spacial score (nSPS) is 15.2. The Morgan fingerprint density at radius 2 is 1.76 bits per heavy atom. The summed E-state index contributed by atoms with van der Waals surface area (Å²) in [7, 11) is 1.72. The minimum Gasteiger partial charge on any atom is -0.495 e. The van der Waals surface area contributed by atoms with Crippen molar-refractivity contribution in [2.24, 2.45) is 0 Å². The molecule has 2 aromatic carbocycles. The van der Waals surface area contributed by atoms with E-state index >= 15 is 0 Å². The number of ether oxygens (including phenoxy) is 2. The number of benzene rings is 2. The summed E-state index contributed by atoms with van der Waals surface area (Å²) in [5.41, 5.74) is 1.18. The molecule has 1 aliphatic heterocycles. The maximum atomic E-state index is 12.8. The Balaban J connectivity index is 1.38. The van der Waals surface area contributed by atoms with Crippen LogP contribution in [0.4, 0.5) is 10.1 Å². The Morgan fingerprint density at radius 3 is 2.48 bits per heavy atom. The predicted octanol–water partition coefficient (Wildman–Crippen LogP) is 2.01. The van der Waals surface area contributed by atoms with E-state index in [-0.39, 0.29) is 5.82 Å². The van der Waals surface area contributed by atoms with E-state index in [1.165, 1.54) is 17.8 Å². The van der Waals surface area contributed by atoms with Gasteiger partial charge in [0, 0.05) is 6.42 Å².